The van der Waals surface area contributed by atoms with Gasteiger partial charge in [0.15, 0.2) is 0 Å². The predicted octanol–water partition coefficient (Wildman–Crippen LogP) is 5.14. The summed E-state index contributed by atoms with van der Waals surface area (Å²) >= 11 is 0. The fourth-order valence-corrected chi connectivity index (χ4v) is 3.80. The summed E-state index contributed by atoms with van der Waals surface area (Å²) in [6, 6.07) is 0. The predicted molar refractivity (Wildman–Crippen MR) is 107 cm³/mol. The molecule has 0 amide bonds. The van der Waals surface area contributed by atoms with Gasteiger partial charge in [-0.05, 0) is 13.0 Å². The lowest BCUT2D eigenvalue weighted by Crippen LogP contribution is -2.44. The standard InChI is InChI=1S/C22H41NO3/c1-3-4-5-6-7-8-9-10-11-12-13-14-15-17-23-18-16-21(24)20(19-23)22(25)26-2/h20H,3-19H2,1-2H3. The molecule has 0 aromatic heterocycles. The highest BCUT2D eigenvalue weighted by atomic mass is 16.5. The maximum Gasteiger partial charge on any atom is 0.317 e. The van der Waals surface area contributed by atoms with Crippen molar-refractivity contribution in [2.75, 3.05) is 26.7 Å². The third-order valence-corrected chi connectivity index (χ3v) is 5.57. The lowest BCUT2D eigenvalue weighted by molar-refractivity contribution is -0.151. The monoisotopic (exact) mass is 367 g/mol. The van der Waals surface area contributed by atoms with E-state index in [4.69, 9.17) is 4.74 Å². The van der Waals surface area contributed by atoms with Crippen molar-refractivity contribution in [2.24, 2.45) is 5.92 Å². The zero-order chi connectivity index (χ0) is 19.0. The number of methoxy groups -OCH3 is 1. The van der Waals surface area contributed by atoms with Gasteiger partial charge in [0.2, 0.25) is 0 Å². The molecule has 4 heteroatoms. The molecule has 0 aromatic carbocycles. The summed E-state index contributed by atoms with van der Waals surface area (Å²) in [5.74, 6) is -0.890. The lowest BCUT2D eigenvalue weighted by atomic mass is 9.96. The van der Waals surface area contributed by atoms with Crippen LogP contribution in [0, 0.1) is 5.92 Å². The minimum absolute atomic E-state index is 0.0402. The molecule has 0 N–H and O–H groups in total. The maximum atomic E-state index is 11.8. The van der Waals surface area contributed by atoms with Crippen molar-refractivity contribution in [2.45, 2.75) is 96.8 Å². The molecule has 1 rings (SSSR count). The van der Waals surface area contributed by atoms with Gasteiger partial charge in [0, 0.05) is 19.5 Å². The lowest BCUT2D eigenvalue weighted by Gasteiger charge is -2.30. The average Bonchev–Trinajstić information content (AvgIpc) is 2.66. The molecule has 1 saturated heterocycles. The number of unbranched alkanes of at least 4 members (excludes halogenated alkanes) is 12. The number of hydrogen-bond acceptors (Lipinski definition) is 4. The number of hydrogen-bond donors (Lipinski definition) is 0. The number of likely N-dealkylation sites (tertiary alicyclic amines) is 1. The van der Waals surface area contributed by atoms with E-state index in [1.807, 2.05) is 0 Å². The van der Waals surface area contributed by atoms with Crippen LogP contribution in [0.2, 0.25) is 0 Å². The first kappa shape index (κ1) is 23.1. The minimum Gasteiger partial charge on any atom is -0.468 e. The van der Waals surface area contributed by atoms with E-state index in [2.05, 4.69) is 11.8 Å². The Morgan fingerprint density at radius 3 is 1.92 bits per heavy atom. The Balaban J connectivity index is 1.91. The third kappa shape index (κ3) is 10.3. The van der Waals surface area contributed by atoms with E-state index in [0.29, 0.717) is 13.0 Å². The summed E-state index contributed by atoms with van der Waals surface area (Å²) < 4.78 is 4.74. The van der Waals surface area contributed by atoms with E-state index >= 15 is 0 Å². The van der Waals surface area contributed by atoms with Gasteiger partial charge in [0.25, 0.3) is 0 Å². The van der Waals surface area contributed by atoms with Crippen molar-refractivity contribution in [1.82, 2.24) is 4.90 Å². The van der Waals surface area contributed by atoms with Gasteiger partial charge < -0.3 is 9.64 Å². The summed E-state index contributed by atoms with van der Waals surface area (Å²) in [5, 5.41) is 0. The Bertz CT molecular complexity index is 376. The van der Waals surface area contributed by atoms with Gasteiger partial charge in [0.05, 0.1) is 7.11 Å². The molecule has 0 aliphatic carbocycles. The van der Waals surface area contributed by atoms with Crippen molar-refractivity contribution < 1.29 is 14.3 Å². The molecule has 0 radical (unpaired) electrons. The third-order valence-electron chi connectivity index (χ3n) is 5.57. The van der Waals surface area contributed by atoms with Crippen molar-refractivity contribution >= 4 is 11.8 Å². The van der Waals surface area contributed by atoms with E-state index in [0.717, 1.165) is 13.1 Å². The number of Topliss-reactive ketones (excluding diaryl/α,β-unsaturated/α-hetero) is 1. The molecule has 1 heterocycles. The second kappa shape index (κ2) is 15.2. The average molecular weight is 368 g/mol. The summed E-state index contributed by atoms with van der Waals surface area (Å²) in [5.41, 5.74) is 0. The zero-order valence-electron chi connectivity index (χ0n) is 17.3. The molecule has 0 aromatic rings. The van der Waals surface area contributed by atoms with E-state index in [-0.39, 0.29) is 11.8 Å². The smallest absolute Gasteiger partial charge is 0.317 e. The quantitative estimate of drug-likeness (QED) is 0.228. The number of nitrogens with zero attached hydrogens (tertiary/aromatic N) is 1. The van der Waals surface area contributed by atoms with Crippen LogP contribution >= 0.6 is 0 Å². The molecule has 152 valence electrons. The van der Waals surface area contributed by atoms with Crippen molar-refractivity contribution in [3.63, 3.8) is 0 Å². The Morgan fingerprint density at radius 1 is 0.923 bits per heavy atom. The van der Waals surface area contributed by atoms with Gasteiger partial charge in [-0.3, -0.25) is 9.59 Å². The topological polar surface area (TPSA) is 46.6 Å². The molecule has 1 fully saturated rings. The molecule has 26 heavy (non-hydrogen) atoms. The molecule has 1 aliphatic heterocycles. The van der Waals surface area contributed by atoms with Crippen molar-refractivity contribution in [3.8, 4) is 0 Å². The first-order valence-electron chi connectivity index (χ1n) is 11.0. The molecule has 0 saturated carbocycles. The SMILES string of the molecule is CCCCCCCCCCCCCCCN1CCC(=O)C(C(=O)OC)C1. The fraction of sp³-hybridized carbons (Fsp3) is 0.909. The number of ether oxygens (including phenoxy) is 1. The highest BCUT2D eigenvalue weighted by Crippen LogP contribution is 2.16. The van der Waals surface area contributed by atoms with Crippen LogP contribution in [0.3, 0.4) is 0 Å². The van der Waals surface area contributed by atoms with Crippen LogP contribution in [0.4, 0.5) is 0 Å². The number of rotatable bonds is 15. The molecule has 1 atom stereocenters. The molecule has 1 unspecified atom stereocenters. The van der Waals surface area contributed by atoms with Gasteiger partial charge in [-0.15, -0.1) is 0 Å². The van der Waals surface area contributed by atoms with Crippen LogP contribution in [0.25, 0.3) is 0 Å². The number of carbonyl (C=O) groups is 2. The Morgan fingerprint density at radius 2 is 1.42 bits per heavy atom. The normalized spacial score (nSPS) is 18.2. The first-order chi connectivity index (χ1) is 12.7. The minimum atomic E-state index is -0.560. The largest absolute Gasteiger partial charge is 0.468 e. The highest BCUT2D eigenvalue weighted by Gasteiger charge is 2.33. The molecular formula is C22H41NO3. The van der Waals surface area contributed by atoms with Crippen LogP contribution in [-0.4, -0.2) is 43.4 Å². The van der Waals surface area contributed by atoms with E-state index < -0.39 is 5.92 Å². The number of esters is 1. The van der Waals surface area contributed by atoms with Crippen LogP contribution in [0.15, 0.2) is 0 Å². The highest BCUT2D eigenvalue weighted by molar-refractivity contribution is 5.99. The summed E-state index contributed by atoms with van der Waals surface area (Å²) in [6.07, 6.45) is 18.1. The zero-order valence-corrected chi connectivity index (χ0v) is 17.3. The Kier molecular flexibility index (Phi) is 13.5. The van der Waals surface area contributed by atoms with Crippen molar-refractivity contribution in [1.29, 1.82) is 0 Å². The van der Waals surface area contributed by atoms with Crippen LogP contribution < -0.4 is 0 Å². The number of ketones is 1. The fourth-order valence-electron chi connectivity index (χ4n) is 3.80. The molecule has 1 aliphatic rings. The summed E-state index contributed by atoms with van der Waals surface area (Å²) in [7, 11) is 1.36. The van der Waals surface area contributed by atoms with E-state index in [1.54, 1.807) is 0 Å². The Hall–Kier alpha value is -0.900. The van der Waals surface area contributed by atoms with Crippen LogP contribution in [-0.2, 0) is 14.3 Å². The van der Waals surface area contributed by atoms with Crippen LogP contribution in [0.5, 0.6) is 0 Å². The summed E-state index contributed by atoms with van der Waals surface area (Å²) in [4.78, 5) is 25.7. The first-order valence-corrected chi connectivity index (χ1v) is 11.0. The van der Waals surface area contributed by atoms with E-state index in [1.165, 1.54) is 90.6 Å². The van der Waals surface area contributed by atoms with Gasteiger partial charge in [-0.2, -0.15) is 0 Å². The van der Waals surface area contributed by atoms with Gasteiger partial charge in [-0.1, -0.05) is 84.0 Å². The van der Waals surface area contributed by atoms with E-state index in [9.17, 15) is 9.59 Å². The van der Waals surface area contributed by atoms with Crippen LogP contribution in [0.1, 0.15) is 96.8 Å². The van der Waals surface area contributed by atoms with Gasteiger partial charge in [0.1, 0.15) is 11.7 Å². The number of piperidine rings is 1. The summed E-state index contributed by atoms with van der Waals surface area (Å²) in [6.45, 7) is 4.61. The number of carbonyl (C=O) groups excluding carboxylic acids is 2. The molecule has 4 nitrogen and oxygen atoms in total. The van der Waals surface area contributed by atoms with Gasteiger partial charge in [-0.25, -0.2) is 0 Å². The van der Waals surface area contributed by atoms with Crippen molar-refractivity contribution in [3.05, 3.63) is 0 Å². The molecular weight excluding hydrogens is 326 g/mol. The van der Waals surface area contributed by atoms with Gasteiger partial charge >= 0.3 is 5.97 Å². The maximum absolute atomic E-state index is 11.8. The second-order valence-electron chi connectivity index (χ2n) is 7.84. The Labute approximate surface area is 161 Å². The molecule has 0 spiro atoms. The molecule has 0 bridgehead atoms. The second-order valence-corrected chi connectivity index (χ2v) is 7.84.